The van der Waals surface area contributed by atoms with Crippen molar-refractivity contribution in [1.29, 1.82) is 0 Å². The Balaban J connectivity index is 1.65. The number of fused-ring (bicyclic) bond motifs is 3. The van der Waals surface area contributed by atoms with Crippen molar-refractivity contribution in [3.05, 3.63) is 0 Å². The van der Waals surface area contributed by atoms with E-state index in [0.717, 1.165) is 38.5 Å². The number of carboxylic acid groups (broad SMARTS) is 1. The molecule has 0 unspecified atom stereocenters. The predicted octanol–water partition coefficient (Wildman–Crippen LogP) is 6.20. The van der Waals surface area contributed by atoms with E-state index in [0.29, 0.717) is 24.2 Å². The Bertz CT molecular complexity index is 826. The maximum atomic E-state index is 11.7. The van der Waals surface area contributed by atoms with Crippen LogP contribution in [-0.4, -0.2) is 44.2 Å². The fraction of sp³-hybridized carbons (Fsp3) is 0.967. The Morgan fingerprint density at radius 3 is 2.00 bits per heavy atom. The van der Waals surface area contributed by atoms with Gasteiger partial charge in [0.15, 0.2) is 0 Å². The van der Waals surface area contributed by atoms with E-state index in [4.69, 9.17) is 4.74 Å². The molecule has 0 spiro atoms. The highest BCUT2D eigenvalue weighted by atomic mass is 16.5. The predicted molar refractivity (Wildman–Crippen MR) is 138 cm³/mol. The molecule has 0 amide bonds. The van der Waals surface area contributed by atoms with Crippen LogP contribution in [0.4, 0.5) is 0 Å². The maximum absolute atomic E-state index is 11.7. The van der Waals surface area contributed by atoms with Crippen LogP contribution in [0.3, 0.4) is 0 Å². The molecular weight excluding hydrogens is 440 g/mol. The van der Waals surface area contributed by atoms with Crippen LogP contribution in [0.5, 0.6) is 0 Å². The van der Waals surface area contributed by atoms with Crippen molar-refractivity contribution >= 4 is 5.97 Å². The average molecular weight is 493 g/mol. The van der Waals surface area contributed by atoms with Crippen molar-refractivity contribution in [2.24, 2.45) is 39.9 Å². The zero-order valence-electron chi connectivity index (χ0n) is 23.6. The van der Waals surface area contributed by atoms with E-state index >= 15 is 0 Å². The van der Waals surface area contributed by atoms with Crippen molar-refractivity contribution in [2.45, 2.75) is 143 Å². The minimum absolute atomic E-state index is 0.104. The standard InChI is InChI=1S/C30H52O5/c1-25(2,33)21-12-17-29(7)22(27(21,5)15-14-24(31)32)10-9-19-20(11-16-28(19,29)6)30(8)18-13-23(35-30)26(3,4)34/h19-23,33-34H,9-18H2,1-8H3,(H,31,32)/t19-,20+,21+,22-,23+,27-,28-,29-,30-/m1/s1. The SMILES string of the molecule is CC(C)(O)[C@@H]1CC[C@](C)([C@H]2CC[C@]3(C)[C@@H]2CC[C@@H]2[C@](C)(CCC(=O)O)[C@H](C(C)(C)O)CC[C@]23C)O1. The molecular formula is C30H52O5. The van der Waals surface area contributed by atoms with Gasteiger partial charge in [-0.1, -0.05) is 20.8 Å². The molecule has 9 atom stereocenters. The van der Waals surface area contributed by atoms with Gasteiger partial charge in [-0.15, -0.1) is 0 Å². The van der Waals surface area contributed by atoms with Gasteiger partial charge < -0.3 is 20.1 Å². The van der Waals surface area contributed by atoms with Crippen molar-refractivity contribution in [3.63, 3.8) is 0 Å². The first-order valence-electron chi connectivity index (χ1n) is 14.2. The Kier molecular flexibility index (Phi) is 6.60. The first kappa shape index (κ1) is 27.4. The van der Waals surface area contributed by atoms with E-state index in [-0.39, 0.29) is 40.3 Å². The quantitative estimate of drug-likeness (QED) is 0.411. The molecule has 202 valence electrons. The number of carboxylic acids is 1. The highest BCUT2D eigenvalue weighted by Crippen LogP contribution is 2.74. The summed E-state index contributed by atoms with van der Waals surface area (Å²) in [5.41, 5.74) is -1.73. The van der Waals surface area contributed by atoms with Gasteiger partial charge in [0, 0.05) is 6.42 Å². The topological polar surface area (TPSA) is 87.0 Å². The van der Waals surface area contributed by atoms with Crippen LogP contribution < -0.4 is 0 Å². The van der Waals surface area contributed by atoms with E-state index in [1.54, 1.807) is 0 Å². The summed E-state index contributed by atoms with van der Waals surface area (Å²) < 4.78 is 6.68. The minimum atomic E-state index is -0.818. The molecule has 0 aromatic rings. The van der Waals surface area contributed by atoms with Crippen molar-refractivity contribution in [3.8, 4) is 0 Å². The molecule has 35 heavy (non-hydrogen) atoms. The normalized spacial score (nSPS) is 48.5. The molecule has 3 N–H and O–H groups in total. The van der Waals surface area contributed by atoms with E-state index in [9.17, 15) is 20.1 Å². The van der Waals surface area contributed by atoms with Crippen LogP contribution in [-0.2, 0) is 9.53 Å². The summed E-state index contributed by atoms with van der Waals surface area (Å²) in [6, 6.07) is 0. The van der Waals surface area contributed by atoms with Crippen molar-refractivity contribution in [1.82, 2.24) is 0 Å². The summed E-state index contributed by atoms with van der Waals surface area (Å²) in [5, 5.41) is 31.4. The molecule has 5 nitrogen and oxygen atoms in total. The monoisotopic (exact) mass is 492 g/mol. The molecule has 4 fully saturated rings. The molecule has 3 saturated carbocycles. The Morgan fingerprint density at radius 2 is 1.46 bits per heavy atom. The number of hydrogen-bond acceptors (Lipinski definition) is 4. The number of ether oxygens (including phenoxy) is 1. The van der Waals surface area contributed by atoms with Crippen molar-refractivity contribution in [2.75, 3.05) is 0 Å². The van der Waals surface area contributed by atoms with Gasteiger partial charge in [-0.2, -0.15) is 0 Å². The van der Waals surface area contributed by atoms with E-state index in [1.165, 1.54) is 12.8 Å². The van der Waals surface area contributed by atoms with E-state index < -0.39 is 17.2 Å². The molecule has 0 aromatic carbocycles. The second-order valence-electron chi connectivity index (χ2n) is 15.0. The van der Waals surface area contributed by atoms with E-state index in [1.807, 2.05) is 27.7 Å². The van der Waals surface area contributed by atoms with Crippen LogP contribution in [0.2, 0.25) is 0 Å². The summed E-state index contributed by atoms with van der Waals surface area (Å²) in [5.74, 6) is 0.849. The number of hydrogen-bond donors (Lipinski definition) is 3. The largest absolute Gasteiger partial charge is 0.481 e. The number of aliphatic carboxylic acids is 1. The first-order valence-corrected chi connectivity index (χ1v) is 14.2. The Hall–Kier alpha value is -0.650. The second kappa shape index (κ2) is 8.43. The third-order valence-corrected chi connectivity index (χ3v) is 12.3. The van der Waals surface area contributed by atoms with Gasteiger partial charge in [-0.25, -0.2) is 0 Å². The van der Waals surface area contributed by atoms with Crippen LogP contribution in [0.1, 0.15) is 120 Å². The summed E-state index contributed by atoms with van der Waals surface area (Å²) >= 11 is 0. The molecule has 5 heteroatoms. The van der Waals surface area contributed by atoms with Crippen LogP contribution in [0.25, 0.3) is 0 Å². The minimum Gasteiger partial charge on any atom is -0.481 e. The van der Waals surface area contributed by atoms with Gasteiger partial charge in [-0.3, -0.25) is 4.79 Å². The number of rotatable bonds is 6. The summed E-state index contributed by atoms with van der Waals surface area (Å²) in [4.78, 5) is 11.7. The summed E-state index contributed by atoms with van der Waals surface area (Å²) in [6.07, 6.45) is 9.27. The van der Waals surface area contributed by atoms with Gasteiger partial charge in [0.2, 0.25) is 0 Å². The lowest BCUT2D eigenvalue weighted by Gasteiger charge is -2.67. The fourth-order valence-corrected chi connectivity index (χ4v) is 10.4. The van der Waals surface area contributed by atoms with Crippen LogP contribution >= 0.6 is 0 Å². The molecule has 0 bridgehead atoms. The highest BCUT2D eigenvalue weighted by Gasteiger charge is 2.69. The van der Waals surface area contributed by atoms with Gasteiger partial charge >= 0.3 is 5.97 Å². The lowest BCUT2D eigenvalue weighted by atomic mass is 9.37. The van der Waals surface area contributed by atoms with Gasteiger partial charge in [0.25, 0.3) is 0 Å². The molecule has 1 saturated heterocycles. The lowest BCUT2D eigenvalue weighted by molar-refractivity contribution is -0.212. The molecule has 0 aromatic heterocycles. The van der Waals surface area contributed by atoms with E-state index in [2.05, 4.69) is 27.7 Å². The third kappa shape index (κ3) is 4.20. The number of aliphatic hydroxyl groups is 2. The number of carbonyl (C=O) groups is 1. The first-order chi connectivity index (χ1) is 15.9. The van der Waals surface area contributed by atoms with Crippen LogP contribution in [0.15, 0.2) is 0 Å². The van der Waals surface area contributed by atoms with Gasteiger partial charge in [-0.05, 0) is 132 Å². The Labute approximate surface area is 213 Å². The van der Waals surface area contributed by atoms with Gasteiger partial charge in [0.05, 0.1) is 22.9 Å². The Morgan fingerprint density at radius 1 is 0.829 bits per heavy atom. The zero-order valence-corrected chi connectivity index (χ0v) is 23.6. The summed E-state index contributed by atoms with van der Waals surface area (Å²) in [6.45, 7) is 17.2. The third-order valence-electron chi connectivity index (χ3n) is 12.3. The second-order valence-corrected chi connectivity index (χ2v) is 15.0. The molecule has 1 heterocycles. The molecule has 3 aliphatic carbocycles. The average Bonchev–Trinajstić information content (AvgIpc) is 3.28. The smallest absolute Gasteiger partial charge is 0.303 e. The lowest BCUT2D eigenvalue weighted by Crippen LogP contribution is -2.62. The zero-order chi connectivity index (χ0) is 26.2. The molecule has 4 aliphatic rings. The van der Waals surface area contributed by atoms with Crippen LogP contribution in [0, 0.1) is 39.9 Å². The summed E-state index contributed by atoms with van der Waals surface area (Å²) in [7, 11) is 0. The fourth-order valence-electron chi connectivity index (χ4n) is 10.4. The maximum Gasteiger partial charge on any atom is 0.303 e. The highest BCUT2D eigenvalue weighted by molar-refractivity contribution is 5.66. The molecule has 1 aliphatic heterocycles. The van der Waals surface area contributed by atoms with Crippen molar-refractivity contribution < 1.29 is 24.9 Å². The molecule has 0 radical (unpaired) electrons. The molecule has 4 rings (SSSR count). The van der Waals surface area contributed by atoms with Gasteiger partial charge in [0.1, 0.15) is 0 Å².